The van der Waals surface area contributed by atoms with Crippen LogP contribution in [0.1, 0.15) is 31.0 Å². The Labute approximate surface area is 152 Å². The van der Waals surface area contributed by atoms with Crippen molar-refractivity contribution in [1.29, 1.82) is 0 Å². The third-order valence-electron chi connectivity index (χ3n) is 4.25. The molecule has 0 atom stereocenters. The largest absolute Gasteiger partial charge is 0.340 e. The summed E-state index contributed by atoms with van der Waals surface area (Å²) in [4.78, 5) is 13.4. The molecule has 0 unspecified atom stereocenters. The highest BCUT2D eigenvalue weighted by molar-refractivity contribution is 5.64. The van der Waals surface area contributed by atoms with E-state index in [1.54, 1.807) is 16.9 Å². The maximum atomic E-state index is 4.67. The number of fused-ring (bicyclic) bond motifs is 1. The van der Waals surface area contributed by atoms with Gasteiger partial charge >= 0.3 is 0 Å². The quantitative estimate of drug-likeness (QED) is 0.596. The predicted octanol–water partition coefficient (Wildman–Crippen LogP) is 4.36. The summed E-state index contributed by atoms with van der Waals surface area (Å²) in [5.74, 6) is 2.32. The lowest BCUT2D eigenvalue weighted by Crippen LogP contribution is -2.05. The molecule has 0 radical (unpaired) electrons. The van der Waals surface area contributed by atoms with E-state index in [1.807, 2.05) is 30.3 Å². The molecule has 1 N–H and O–H groups in total. The van der Waals surface area contributed by atoms with Crippen LogP contribution in [-0.4, -0.2) is 24.6 Å². The highest BCUT2D eigenvalue weighted by Gasteiger charge is 2.14. The lowest BCUT2D eigenvalue weighted by molar-refractivity contribution is 0.809. The van der Waals surface area contributed by atoms with E-state index in [4.69, 9.17) is 0 Å². The molecular weight excluding hydrogens is 324 g/mol. The Morgan fingerprint density at radius 1 is 1.04 bits per heavy atom. The van der Waals surface area contributed by atoms with Gasteiger partial charge in [-0.25, -0.2) is 4.98 Å². The van der Waals surface area contributed by atoms with Gasteiger partial charge in [-0.05, 0) is 36.6 Å². The van der Waals surface area contributed by atoms with Crippen molar-refractivity contribution in [3.63, 3.8) is 0 Å². The van der Waals surface area contributed by atoms with Crippen molar-refractivity contribution in [3.8, 4) is 11.4 Å². The smallest absolute Gasteiger partial charge is 0.254 e. The van der Waals surface area contributed by atoms with Crippen molar-refractivity contribution >= 4 is 17.3 Å². The van der Waals surface area contributed by atoms with Gasteiger partial charge in [0, 0.05) is 29.7 Å². The molecule has 130 valence electrons. The van der Waals surface area contributed by atoms with Gasteiger partial charge in [0.1, 0.15) is 5.82 Å². The molecule has 0 aliphatic heterocycles. The van der Waals surface area contributed by atoms with Gasteiger partial charge < -0.3 is 5.32 Å². The molecule has 0 saturated heterocycles. The van der Waals surface area contributed by atoms with Crippen LogP contribution < -0.4 is 5.32 Å². The standard InChI is InChI=1S/C20H20N6/c1-13(2)17-11-18(22-16-9-5-4-7-14(16)3)26-20(23-17)24-19(25-26)15-8-6-10-21-12-15/h4-13,22H,1-3H3. The summed E-state index contributed by atoms with van der Waals surface area (Å²) in [6.07, 6.45) is 3.49. The van der Waals surface area contributed by atoms with Gasteiger partial charge in [0.25, 0.3) is 5.78 Å². The number of nitrogens with one attached hydrogen (secondary N) is 1. The average molecular weight is 344 g/mol. The fraction of sp³-hybridized carbons (Fsp3) is 0.200. The number of aryl methyl sites for hydroxylation is 1. The first kappa shape index (κ1) is 16.2. The summed E-state index contributed by atoms with van der Waals surface area (Å²) in [5, 5.41) is 8.13. The molecule has 0 spiro atoms. The van der Waals surface area contributed by atoms with E-state index in [0.29, 0.717) is 11.6 Å². The first-order valence-corrected chi connectivity index (χ1v) is 8.62. The van der Waals surface area contributed by atoms with E-state index in [-0.39, 0.29) is 5.92 Å². The monoisotopic (exact) mass is 344 g/mol. The van der Waals surface area contributed by atoms with Crippen LogP contribution in [0, 0.1) is 6.92 Å². The fourth-order valence-corrected chi connectivity index (χ4v) is 2.74. The number of rotatable bonds is 4. The van der Waals surface area contributed by atoms with Gasteiger partial charge in [-0.2, -0.15) is 9.50 Å². The van der Waals surface area contributed by atoms with Crippen LogP contribution in [0.4, 0.5) is 11.5 Å². The van der Waals surface area contributed by atoms with Gasteiger partial charge in [-0.15, -0.1) is 5.10 Å². The van der Waals surface area contributed by atoms with Gasteiger partial charge in [0.15, 0.2) is 5.82 Å². The highest BCUT2D eigenvalue weighted by atomic mass is 15.4. The van der Waals surface area contributed by atoms with Crippen molar-refractivity contribution in [2.24, 2.45) is 0 Å². The Morgan fingerprint density at radius 2 is 1.88 bits per heavy atom. The Kier molecular flexibility index (Phi) is 4.08. The molecule has 3 heterocycles. The fourth-order valence-electron chi connectivity index (χ4n) is 2.74. The second-order valence-corrected chi connectivity index (χ2v) is 6.55. The van der Waals surface area contributed by atoms with Crippen LogP contribution in [0.15, 0.2) is 54.9 Å². The van der Waals surface area contributed by atoms with E-state index < -0.39 is 0 Å². The SMILES string of the molecule is Cc1ccccc1Nc1cc(C(C)C)nc2nc(-c3cccnc3)nn12. The second-order valence-electron chi connectivity index (χ2n) is 6.55. The minimum absolute atomic E-state index is 0.288. The first-order valence-electron chi connectivity index (χ1n) is 8.62. The lowest BCUT2D eigenvalue weighted by Gasteiger charge is -2.12. The number of para-hydroxylation sites is 1. The molecule has 0 bridgehead atoms. The summed E-state index contributed by atoms with van der Waals surface area (Å²) in [6, 6.07) is 14.0. The zero-order chi connectivity index (χ0) is 18.1. The minimum Gasteiger partial charge on any atom is -0.340 e. The summed E-state index contributed by atoms with van der Waals surface area (Å²) in [5.41, 5.74) is 4.04. The molecule has 0 aliphatic carbocycles. The van der Waals surface area contributed by atoms with Crippen LogP contribution in [0.3, 0.4) is 0 Å². The summed E-state index contributed by atoms with van der Waals surface area (Å²) < 4.78 is 1.75. The second kappa shape index (κ2) is 6.55. The molecule has 0 saturated carbocycles. The normalized spacial score (nSPS) is 11.2. The van der Waals surface area contributed by atoms with Crippen LogP contribution >= 0.6 is 0 Å². The number of nitrogens with zero attached hydrogens (tertiary/aromatic N) is 5. The van der Waals surface area contributed by atoms with Gasteiger partial charge in [-0.3, -0.25) is 4.98 Å². The molecule has 0 fully saturated rings. The minimum atomic E-state index is 0.288. The number of hydrogen-bond acceptors (Lipinski definition) is 5. The number of hydrogen-bond donors (Lipinski definition) is 1. The van der Waals surface area contributed by atoms with Crippen LogP contribution in [0.2, 0.25) is 0 Å². The highest BCUT2D eigenvalue weighted by Crippen LogP contribution is 2.25. The van der Waals surface area contributed by atoms with Crippen molar-refractivity contribution < 1.29 is 0 Å². The third-order valence-corrected chi connectivity index (χ3v) is 4.25. The van der Waals surface area contributed by atoms with Crippen LogP contribution in [0.5, 0.6) is 0 Å². The van der Waals surface area contributed by atoms with Crippen molar-refractivity contribution in [2.75, 3.05) is 5.32 Å². The molecule has 1 aromatic carbocycles. The molecule has 0 aliphatic rings. The van der Waals surface area contributed by atoms with Crippen LogP contribution in [0.25, 0.3) is 17.2 Å². The molecule has 4 rings (SSSR count). The Morgan fingerprint density at radius 3 is 2.62 bits per heavy atom. The van der Waals surface area contributed by atoms with Crippen molar-refractivity contribution in [1.82, 2.24) is 24.6 Å². The number of anilines is 2. The zero-order valence-corrected chi connectivity index (χ0v) is 15.0. The van der Waals surface area contributed by atoms with Crippen molar-refractivity contribution in [2.45, 2.75) is 26.7 Å². The van der Waals surface area contributed by atoms with E-state index in [0.717, 1.165) is 28.3 Å². The van der Waals surface area contributed by atoms with E-state index >= 15 is 0 Å². The molecular formula is C20H20N6. The summed E-state index contributed by atoms with van der Waals surface area (Å²) in [6.45, 7) is 6.32. The summed E-state index contributed by atoms with van der Waals surface area (Å²) in [7, 11) is 0. The first-order chi connectivity index (χ1) is 12.6. The van der Waals surface area contributed by atoms with Crippen molar-refractivity contribution in [3.05, 3.63) is 66.1 Å². The van der Waals surface area contributed by atoms with E-state index in [1.165, 1.54) is 0 Å². The maximum Gasteiger partial charge on any atom is 0.254 e. The number of aromatic nitrogens is 5. The van der Waals surface area contributed by atoms with Crippen LogP contribution in [-0.2, 0) is 0 Å². The zero-order valence-electron chi connectivity index (χ0n) is 15.0. The topological polar surface area (TPSA) is 68.0 Å². The average Bonchev–Trinajstić information content (AvgIpc) is 3.09. The Bertz CT molecular complexity index is 1050. The maximum absolute atomic E-state index is 4.67. The molecule has 3 aromatic heterocycles. The lowest BCUT2D eigenvalue weighted by atomic mass is 10.1. The molecule has 4 aromatic rings. The third kappa shape index (κ3) is 3.01. The molecule has 26 heavy (non-hydrogen) atoms. The molecule has 6 heteroatoms. The Hall–Kier alpha value is -3.28. The predicted molar refractivity (Wildman–Crippen MR) is 103 cm³/mol. The number of benzene rings is 1. The van der Waals surface area contributed by atoms with Gasteiger partial charge in [0.05, 0.1) is 5.69 Å². The Balaban J connectivity index is 1.87. The summed E-state index contributed by atoms with van der Waals surface area (Å²) >= 11 is 0. The van der Waals surface area contributed by atoms with Gasteiger partial charge in [0.2, 0.25) is 0 Å². The van der Waals surface area contributed by atoms with E-state index in [9.17, 15) is 0 Å². The molecule has 6 nitrogen and oxygen atoms in total. The number of pyridine rings is 1. The van der Waals surface area contributed by atoms with E-state index in [2.05, 4.69) is 58.3 Å². The molecule has 0 amide bonds. The van der Waals surface area contributed by atoms with Gasteiger partial charge in [-0.1, -0.05) is 32.0 Å².